The molecule has 9 heteroatoms. The molecule has 1 N–H and O–H groups in total. The van der Waals surface area contributed by atoms with Gasteiger partial charge in [-0.3, -0.25) is 4.79 Å². The average molecular weight is 442 g/mol. The maximum Gasteiger partial charge on any atom is 0.338 e. The van der Waals surface area contributed by atoms with E-state index in [9.17, 15) is 14.0 Å². The van der Waals surface area contributed by atoms with Gasteiger partial charge in [0, 0.05) is 4.47 Å². The Balaban J connectivity index is 2.05. The fourth-order valence-electron chi connectivity index (χ4n) is 2.19. The van der Waals surface area contributed by atoms with Crippen molar-refractivity contribution in [1.82, 2.24) is 0 Å². The smallest absolute Gasteiger partial charge is 0.338 e. The second-order valence-corrected chi connectivity index (χ2v) is 6.08. The normalized spacial score (nSPS) is 10.1. The maximum absolute atomic E-state index is 13.7. The first-order valence-corrected chi connectivity index (χ1v) is 8.41. The minimum atomic E-state index is -0.777. The van der Waals surface area contributed by atoms with Crippen LogP contribution in [0.25, 0.3) is 0 Å². The highest BCUT2D eigenvalue weighted by molar-refractivity contribution is 9.10. The van der Waals surface area contributed by atoms with Crippen LogP contribution in [0.4, 0.5) is 10.1 Å². The Morgan fingerprint density at radius 2 is 1.67 bits per heavy atom. The van der Waals surface area contributed by atoms with Gasteiger partial charge in [-0.2, -0.15) is 0 Å². The average Bonchev–Trinajstić information content (AvgIpc) is 2.66. The number of anilines is 1. The molecule has 0 bridgehead atoms. The molecule has 0 aliphatic heterocycles. The van der Waals surface area contributed by atoms with E-state index in [0.717, 1.165) is 0 Å². The number of methoxy groups -OCH3 is 3. The lowest BCUT2D eigenvalue weighted by Crippen LogP contribution is -2.21. The van der Waals surface area contributed by atoms with Crippen molar-refractivity contribution < 1.29 is 32.9 Å². The Kier molecular flexibility index (Phi) is 7.00. The third-order valence-electron chi connectivity index (χ3n) is 3.44. The van der Waals surface area contributed by atoms with Crippen molar-refractivity contribution in [3.63, 3.8) is 0 Å². The number of hydrogen-bond donors (Lipinski definition) is 1. The number of hydrogen-bond acceptors (Lipinski definition) is 6. The Morgan fingerprint density at radius 3 is 2.19 bits per heavy atom. The van der Waals surface area contributed by atoms with Gasteiger partial charge in [0.15, 0.2) is 18.1 Å². The lowest BCUT2D eigenvalue weighted by Gasteiger charge is -2.13. The monoisotopic (exact) mass is 441 g/mol. The summed E-state index contributed by atoms with van der Waals surface area (Å²) in [4.78, 5) is 24.1. The van der Waals surface area contributed by atoms with Crippen LogP contribution < -0.4 is 19.5 Å². The van der Waals surface area contributed by atoms with Crippen molar-refractivity contribution in [2.45, 2.75) is 0 Å². The van der Waals surface area contributed by atoms with Crippen molar-refractivity contribution in [3.05, 3.63) is 46.2 Å². The van der Waals surface area contributed by atoms with Crippen LogP contribution in [-0.4, -0.2) is 39.8 Å². The minimum absolute atomic E-state index is 0.0213. The summed E-state index contributed by atoms with van der Waals surface area (Å²) in [6, 6.07) is 6.96. The second kappa shape index (κ2) is 9.22. The molecule has 0 unspecified atom stereocenters. The molecule has 0 aliphatic carbocycles. The Hall–Kier alpha value is -2.81. The molecule has 1 amide bonds. The lowest BCUT2D eigenvalue weighted by molar-refractivity contribution is -0.119. The fourth-order valence-corrected chi connectivity index (χ4v) is 2.52. The Bertz CT molecular complexity index is 833. The highest BCUT2D eigenvalue weighted by atomic mass is 79.9. The number of ether oxygens (including phenoxy) is 4. The zero-order chi connectivity index (χ0) is 20.0. The van der Waals surface area contributed by atoms with E-state index < -0.39 is 24.3 Å². The summed E-state index contributed by atoms with van der Waals surface area (Å²) >= 11 is 3.12. The lowest BCUT2D eigenvalue weighted by atomic mass is 10.2. The molecule has 0 fully saturated rings. The molecule has 27 heavy (non-hydrogen) atoms. The zero-order valence-electron chi connectivity index (χ0n) is 14.8. The molecule has 2 rings (SSSR count). The third kappa shape index (κ3) is 5.10. The van der Waals surface area contributed by atoms with Crippen molar-refractivity contribution in [2.24, 2.45) is 0 Å². The number of rotatable bonds is 7. The van der Waals surface area contributed by atoms with E-state index in [4.69, 9.17) is 18.9 Å². The predicted molar refractivity (Wildman–Crippen MR) is 99.1 cm³/mol. The number of carbonyl (C=O) groups is 2. The van der Waals surface area contributed by atoms with Crippen molar-refractivity contribution in [3.8, 4) is 17.2 Å². The summed E-state index contributed by atoms with van der Waals surface area (Å²) in [5, 5.41) is 2.33. The first-order chi connectivity index (χ1) is 12.9. The van der Waals surface area contributed by atoms with Crippen LogP contribution in [0.1, 0.15) is 10.4 Å². The van der Waals surface area contributed by atoms with Gasteiger partial charge in [0.1, 0.15) is 5.82 Å². The van der Waals surface area contributed by atoms with E-state index in [2.05, 4.69) is 21.2 Å². The number of carbonyl (C=O) groups excluding carboxylic acids is 2. The van der Waals surface area contributed by atoms with Crippen molar-refractivity contribution in [1.29, 1.82) is 0 Å². The molecule has 0 heterocycles. The highest BCUT2D eigenvalue weighted by Crippen LogP contribution is 2.38. The minimum Gasteiger partial charge on any atom is -0.493 e. The van der Waals surface area contributed by atoms with E-state index in [0.29, 0.717) is 10.2 Å². The fraction of sp³-hybridized carbons (Fsp3) is 0.222. The molecule has 144 valence electrons. The van der Waals surface area contributed by atoms with Gasteiger partial charge in [0.05, 0.1) is 32.6 Å². The number of halogens is 2. The molecule has 0 aromatic heterocycles. The summed E-state index contributed by atoms with van der Waals surface area (Å²) in [5.74, 6) is -1.22. The van der Waals surface area contributed by atoms with Gasteiger partial charge < -0.3 is 24.3 Å². The first kappa shape index (κ1) is 20.5. The highest BCUT2D eigenvalue weighted by Gasteiger charge is 2.19. The molecule has 0 spiro atoms. The van der Waals surface area contributed by atoms with Gasteiger partial charge in [0.2, 0.25) is 5.75 Å². The van der Waals surface area contributed by atoms with Gasteiger partial charge in [-0.05, 0) is 30.3 Å². The molecule has 7 nitrogen and oxygen atoms in total. The van der Waals surface area contributed by atoms with Crippen LogP contribution in [0.15, 0.2) is 34.8 Å². The predicted octanol–water partition coefficient (Wildman–Crippen LogP) is 3.41. The van der Waals surface area contributed by atoms with Crippen molar-refractivity contribution in [2.75, 3.05) is 33.3 Å². The molecule has 0 atom stereocenters. The third-order valence-corrected chi connectivity index (χ3v) is 3.93. The summed E-state index contributed by atoms with van der Waals surface area (Å²) < 4.78 is 34.7. The zero-order valence-corrected chi connectivity index (χ0v) is 16.4. The van der Waals surface area contributed by atoms with E-state index in [1.54, 1.807) is 6.07 Å². The Labute approximate surface area is 163 Å². The molecule has 0 saturated carbocycles. The Morgan fingerprint density at radius 1 is 1.04 bits per heavy atom. The van der Waals surface area contributed by atoms with E-state index in [-0.39, 0.29) is 22.7 Å². The van der Waals surface area contributed by atoms with Crippen LogP contribution in [0.2, 0.25) is 0 Å². The molecule has 0 aliphatic rings. The first-order valence-electron chi connectivity index (χ1n) is 7.61. The summed E-state index contributed by atoms with van der Waals surface area (Å²) in [7, 11) is 4.25. The van der Waals surface area contributed by atoms with Gasteiger partial charge in [-0.25, -0.2) is 9.18 Å². The van der Waals surface area contributed by atoms with Crippen molar-refractivity contribution >= 4 is 33.5 Å². The van der Waals surface area contributed by atoms with Crippen LogP contribution in [0.5, 0.6) is 17.2 Å². The molecule has 2 aromatic carbocycles. The van der Waals surface area contributed by atoms with Gasteiger partial charge in [-0.1, -0.05) is 15.9 Å². The quantitative estimate of drug-likeness (QED) is 0.662. The number of benzene rings is 2. The van der Waals surface area contributed by atoms with Crippen LogP contribution in [0.3, 0.4) is 0 Å². The standard InChI is InChI=1S/C18H17BrFNO6/c1-24-14-6-10(7-15(25-2)17(14)26-3)18(23)27-9-16(22)21-13-5-4-11(19)8-12(13)20/h4-8H,9H2,1-3H3,(H,21,22). The summed E-state index contributed by atoms with van der Waals surface area (Å²) in [5.41, 5.74) is 0.0826. The number of nitrogens with one attached hydrogen (secondary N) is 1. The molecular formula is C18H17BrFNO6. The van der Waals surface area contributed by atoms with Gasteiger partial charge >= 0.3 is 5.97 Å². The summed E-state index contributed by atoms with van der Waals surface area (Å²) in [6.45, 7) is -0.592. The second-order valence-electron chi connectivity index (χ2n) is 5.16. The van der Waals surface area contributed by atoms with Crippen LogP contribution >= 0.6 is 15.9 Å². The number of esters is 1. The SMILES string of the molecule is COc1cc(C(=O)OCC(=O)Nc2ccc(Br)cc2F)cc(OC)c1OC. The molecular weight excluding hydrogens is 425 g/mol. The molecule has 2 aromatic rings. The van der Waals surface area contributed by atoms with E-state index in [1.165, 1.54) is 45.6 Å². The number of amides is 1. The van der Waals surface area contributed by atoms with Gasteiger partial charge in [-0.15, -0.1) is 0 Å². The van der Waals surface area contributed by atoms with Crippen LogP contribution in [-0.2, 0) is 9.53 Å². The topological polar surface area (TPSA) is 83.1 Å². The van der Waals surface area contributed by atoms with Crippen LogP contribution in [0, 0.1) is 5.82 Å². The van der Waals surface area contributed by atoms with Gasteiger partial charge in [0.25, 0.3) is 5.91 Å². The van der Waals surface area contributed by atoms with E-state index in [1.807, 2.05) is 0 Å². The summed E-state index contributed by atoms with van der Waals surface area (Å²) in [6.07, 6.45) is 0. The molecule has 0 radical (unpaired) electrons. The van der Waals surface area contributed by atoms with E-state index >= 15 is 0 Å². The molecule has 0 saturated heterocycles. The largest absolute Gasteiger partial charge is 0.493 e. The maximum atomic E-state index is 13.7.